The number of carbonyl (C=O) groups excluding carboxylic acids is 1. The van der Waals surface area contributed by atoms with E-state index in [1.54, 1.807) is 13.2 Å². The topological polar surface area (TPSA) is 59.7 Å². The van der Waals surface area contributed by atoms with Crippen LogP contribution in [0.15, 0.2) is 69.8 Å². The van der Waals surface area contributed by atoms with Gasteiger partial charge in [-0.25, -0.2) is 4.79 Å². The van der Waals surface area contributed by atoms with Crippen LogP contribution in [0.3, 0.4) is 0 Å². The summed E-state index contributed by atoms with van der Waals surface area (Å²) in [6.45, 7) is 8.02. The molecule has 2 atom stereocenters. The minimum Gasteiger partial charge on any atom is -0.508 e. The van der Waals surface area contributed by atoms with Gasteiger partial charge in [0.25, 0.3) is 0 Å². The number of ether oxygens (including phenoxy) is 1. The Balaban J connectivity index is 1.65. The SMILES string of the molecule is CC(=CCCc1ccoc1)CCCC(C)C=CC=C(C)CC1OC(=O)C(C)=C1O. The largest absolute Gasteiger partial charge is 0.508 e. The van der Waals surface area contributed by atoms with Crippen LogP contribution in [0.4, 0.5) is 0 Å². The lowest BCUT2D eigenvalue weighted by molar-refractivity contribution is -0.140. The van der Waals surface area contributed by atoms with E-state index in [9.17, 15) is 9.90 Å². The highest BCUT2D eigenvalue weighted by Crippen LogP contribution is 2.25. The summed E-state index contributed by atoms with van der Waals surface area (Å²) in [4.78, 5) is 11.5. The predicted molar refractivity (Wildman–Crippen MR) is 117 cm³/mol. The summed E-state index contributed by atoms with van der Waals surface area (Å²) in [6, 6.07) is 2.02. The van der Waals surface area contributed by atoms with Gasteiger partial charge >= 0.3 is 5.97 Å². The Kier molecular flexibility index (Phi) is 9.04. The summed E-state index contributed by atoms with van der Waals surface area (Å²) in [5.41, 5.74) is 4.10. The zero-order valence-corrected chi connectivity index (χ0v) is 18.1. The fourth-order valence-electron chi connectivity index (χ4n) is 3.35. The molecule has 0 saturated heterocycles. The smallest absolute Gasteiger partial charge is 0.338 e. The first-order valence-electron chi connectivity index (χ1n) is 10.5. The number of furan rings is 1. The molecule has 0 spiro atoms. The number of hydrogen-bond donors (Lipinski definition) is 1. The molecule has 1 aromatic heterocycles. The number of cyclic esters (lactones) is 1. The van der Waals surface area contributed by atoms with Crippen molar-refractivity contribution in [3.8, 4) is 0 Å². The molecule has 158 valence electrons. The van der Waals surface area contributed by atoms with Crippen molar-refractivity contribution in [3.05, 3.63) is 70.9 Å². The standard InChI is InChI=1S/C25H34O4/c1-18(8-5-9-19(2)11-7-13-22-14-15-28-17-22)10-6-12-20(3)16-23-24(26)21(4)25(27)29-23/h6,10-12,14-15,17-18,23,26H,5,7-9,13,16H2,1-4H3. The second-order valence-corrected chi connectivity index (χ2v) is 8.10. The molecule has 2 unspecified atom stereocenters. The average molecular weight is 399 g/mol. The fourth-order valence-corrected chi connectivity index (χ4v) is 3.35. The molecule has 1 aliphatic rings. The van der Waals surface area contributed by atoms with E-state index in [0.717, 1.165) is 31.3 Å². The zero-order chi connectivity index (χ0) is 21.2. The molecular weight excluding hydrogens is 364 g/mol. The van der Waals surface area contributed by atoms with Crippen LogP contribution in [0.2, 0.25) is 0 Å². The minimum absolute atomic E-state index is 0.0632. The van der Waals surface area contributed by atoms with Crippen LogP contribution >= 0.6 is 0 Å². The van der Waals surface area contributed by atoms with Crippen molar-refractivity contribution in [2.45, 2.75) is 72.3 Å². The summed E-state index contributed by atoms with van der Waals surface area (Å²) in [5.74, 6) is 0.154. The van der Waals surface area contributed by atoms with Gasteiger partial charge in [0, 0.05) is 6.42 Å². The van der Waals surface area contributed by atoms with Gasteiger partial charge in [-0.1, -0.05) is 42.4 Å². The van der Waals surface area contributed by atoms with Crippen molar-refractivity contribution < 1.29 is 19.1 Å². The lowest BCUT2D eigenvalue weighted by Gasteiger charge is -2.10. The lowest BCUT2D eigenvalue weighted by Crippen LogP contribution is -2.11. The highest BCUT2D eigenvalue weighted by atomic mass is 16.6. The first-order chi connectivity index (χ1) is 13.9. The Morgan fingerprint density at radius 2 is 2.10 bits per heavy atom. The number of aliphatic hydroxyl groups is 1. The molecule has 2 heterocycles. The molecule has 0 aromatic carbocycles. The molecule has 0 amide bonds. The number of carbonyl (C=O) groups is 1. The van der Waals surface area contributed by atoms with Gasteiger partial charge in [0.2, 0.25) is 0 Å². The van der Waals surface area contributed by atoms with Crippen LogP contribution in [0.25, 0.3) is 0 Å². The maximum atomic E-state index is 11.5. The number of rotatable bonds is 11. The third kappa shape index (κ3) is 7.80. The van der Waals surface area contributed by atoms with E-state index in [0.29, 0.717) is 17.9 Å². The zero-order valence-electron chi connectivity index (χ0n) is 18.1. The maximum absolute atomic E-state index is 11.5. The van der Waals surface area contributed by atoms with E-state index in [1.165, 1.54) is 17.6 Å². The van der Waals surface area contributed by atoms with Crippen molar-refractivity contribution in [3.63, 3.8) is 0 Å². The monoisotopic (exact) mass is 398 g/mol. The molecule has 1 aromatic rings. The van der Waals surface area contributed by atoms with Crippen LogP contribution < -0.4 is 0 Å². The molecule has 1 N–H and O–H groups in total. The van der Waals surface area contributed by atoms with E-state index in [2.05, 4.69) is 32.1 Å². The minimum atomic E-state index is -0.534. The number of aliphatic hydroxyl groups excluding tert-OH is 1. The summed E-state index contributed by atoms with van der Waals surface area (Å²) >= 11 is 0. The molecule has 0 fully saturated rings. The summed E-state index contributed by atoms with van der Waals surface area (Å²) in [6.07, 6.45) is 17.7. The second kappa shape index (κ2) is 11.5. The van der Waals surface area contributed by atoms with Crippen molar-refractivity contribution in [2.24, 2.45) is 5.92 Å². The molecule has 0 aliphatic carbocycles. The van der Waals surface area contributed by atoms with Crippen molar-refractivity contribution >= 4 is 5.97 Å². The van der Waals surface area contributed by atoms with Crippen LogP contribution in [0.1, 0.15) is 65.4 Å². The Labute approximate surface area is 174 Å². The first kappa shape index (κ1) is 22.8. The van der Waals surface area contributed by atoms with Crippen LogP contribution in [0.5, 0.6) is 0 Å². The van der Waals surface area contributed by atoms with Crippen molar-refractivity contribution in [1.29, 1.82) is 0 Å². The molecule has 1 aliphatic heterocycles. The van der Waals surface area contributed by atoms with Crippen molar-refractivity contribution in [1.82, 2.24) is 0 Å². The Morgan fingerprint density at radius 3 is 2.76 bits per heavy atom. The van der Waals surface area contributed by atoms with Gasteiger partial charge in [-0.15, -0.1) is 0 Å². The molecule has 0 saturated carbocycles. The van der Waals surface area contributed by atoms with E-state index in [4.69, 9.17) is 9.15 Å². The highest BCUT2D eigenvalue weighted by Gasteiger charge is 2.31. The molecule has 4 heteroatoms. The van der Waals surface area contributed by atoms with E-state index in [1.807, 2.05) is 25.3 Å². The number of hydrogen-bond acceptors (Lipinski definition) is 4. The predicted octanol–water partition coefficient (Wildman–Crippen LogP) is 6.61. The maximum Gasteiger partial charge on any atom is 0.338 e. The second-order valence-electron chi connectivity index (χ2n) is 8.10. The number of allylic oxidation sites excluding steroid dienone is 5. The average Bonchev–Trinajstić information content (AvgIpc) is 3.27. The lowest BCUT2D eigenvalue weighted by atomic mass is 10.00. The van der Waals surface area contributed by atoms with Gasteiger partial charge in [0.15, 0.2) is 6.10 Å². The Morgan fingerprint density at radius 1 is 1.31 bits per heavy atom. The van der Waals surface area contributed by atoms with E-state index in [-0.39, 0.29) is 5.76 Å². The van der Waals surface area contributed by atoms with Crippen molar-refractivity contribution in [2.75, 3.05) is 0 Å². The normalized spacial score (nSPS) is 19.3. The Hall–Kier alpha value is -2.49. The van der Waals surface area contributed by atoms with E-state index < -0.39 is 12.1 Å². The van der Waals surface area contributed by atoms with Gasteiger partial charge in [-0.2, -0.15) is 0 Å². The molecule has 4 nitrogen and oxygen atoms in total. The van der Waals surface area contributed by atoms with Gasteiger partial charge in [-0.3, -0.25) is 0 Å². The first-order valence-corrected chi connectivity index (χ1v) is 10.5. The number of aryl methyl sites for hydroxylation is 1. The molecular formula is C25H34O4. The summed E-state index contributed by atoms with van der Waals surface area (Å²) in [5, 5.41) is 9.91. The van der Waals surface area contributed by atoms with Gasteiger partial charge in [0.05, 0.1) is 18.1 Å². The van der Waals surface area contributed by atoms with Crippen LogP contribution in [-0.4, -0.2) is 17.2 Å². The number of esters is 1. The quantitative estimate of drug-likeness (QED) is 0.259. The summed E-state index contributed by atoms with van der Waals surface area (Å²) < 4.78 is 10.3. The van der Waals surface area contributed by atoms with Gasteiger partial charge in [-0.05, 0) is 70.4 Å². The van der Waals surface area contributed by atoms with Crippen LogP contribution in [-0.2, 0) is 16.0 Å². The fraction of sp³-hybridized carbons (Fsp3) is 0.480. The third-order valence-corrected chi connectivity index (χ3v) is 5.31. The third-order valence-electron chi connectivity index (χ3n) is 5.31. The molecule has 2 rings (SSSR count). The molecule has 0 bridgehead atoms. The van der Waals surface area contributed by atoms with Gasteiger partial charge < -0.3 is 14.3 Å². The Bertz CT molecular complexity index is 778. The van der Waals surface area contributed by atoms with Gasteiger partial charge in [0.1, 0.15) is 5.76 Å². The molecule has 0 radical (unpaired) electrons. The summed E-state index contributed by atoms with van der Waals surface area (Å²) in [7, 11) is 0. The molecule has 29 heavy (non-hydrogen) atoms. The van der Waals surface area contributed by atoms with E-state index >= 15 is 0 Å². The van der Waals surface area contributed by atoms with Crippen LogP contribution in [0, 0.1) is 5.92 Å². The highest BCUT2D eigenvalue weighted by molar-refractivity contribution is 5.91.